The number of amides is 1. The van der Waals surface area contributed by atoms with E-state index < -0.39 is 6.09 Å². The lowest BCUT2D eigenvalue weighted by Crippen LogP contribution is -2.35. The molecule has 1 aliphatic rings. The number of hydrogen-bond acceptors (Lipinski definition) is 3. The lowest BCUT2D eigenvalue weighted by molar-refractivity contribution is 0.0679. The molecule has 0 bridgehead atoms. The van der Waals surface area contributed by atoms with E-state index in [2.05, 4.69) is 0 Å². The molecule has 82 valence electrons. The van der Waals surface area contributed by atoms with Crippen LogP contribution in [0.15, 0.2) is 0 Å². The number of rotatable bonds is 4. The van der Waals surface area contributed by atoms with Crippen molar-refractivity contribution in [1.82, 2.24) is 4.90 Å². The number of ether oxygens (including phenoxy) is 1. The van der Waals surface area contributed by atoms with Crippen molar-refractivity contribution in [2.24, 2.45) is 0 Å². The maximum atomic E-state index is 10.8. The number of aliphatic hydroxyl groups excluding tert-OH is 1. The highest BCUT2D eigenvalue weighted by Crippen LogP contribution is 2.22. The largest absolute Gasteiger partial charge is 0.465 e. The van der Waals surface area contributed by atoms with E-state index in [1.54, 1.807) is 0 Å². The first-order valence-corrected chi connectivity index (χ1v) is 4.91. The van der Waals surface area contributed by atoms with E-state index in [1.807, 2.05) is 6.92 Å². The molecule has 14 heavy (non-hydrogen) atoms. The highest BCUT2D eigenvalue weighted by atomic mass is 16.5. The molecule has 0 radical (unpaired) electrons. The molecule has 2 N–H and O–H groups in total. The Hall–Kier alpha value is -0.810. The van der Waals surface area contributed by atoms with E-state index >= 15 is 0 Å². The molecule has 1 fully saturated rings. The van der Waals surface area contributed by atoms with Crippen molar-refractivity contribution in [3.8, 4) is 0 Å². The third-order valence-corrected chi connectivity index (χ3v) is 2.49. The zero-order valence-electron chi connectivity index (χ0n) is 8.35. The Morgan fingerprint density at radius 3 is 2.86 bits per heavy atom. The molecule has 1 rings (SSSR count). The van der Waals surface area contributed by atoms with Gasteiger partial charge in [0.15, 0.2) is 0 Å². The van der Waals surface area contributed by atoms with Gasteiger partial charge in [-0.1, -0.05) is 0 Å². The fraction of sp³-hybridized carbons (Fsp3) is 0.889. The average molecular weight is 203 g/mol. The van der Waals surface area contributed by atoms with Gasteiger partial charge in [0.25, 0.3) is 0 Å². The van der Waals surface area contributed by atoms with Gasteiger partial charge in [-0.15, -0.1) is 0 Å². The minimum absolute atomic E-state index is 0.00681. The summed E-state index contributed by atoms with van der Waals surface area (Å²) in [6.45, 7) is 2.94. The Kier molecular flexibility index (Phi) is 4.16. The van der Waals surface area contributed by atoms with Gasteiger partial charge in [-0.2, -0.15) is 0 Å². The van der Waals surface area contributed by atoms with Crippen LogP contribution in [0.2, 0.25) is 0 Å². The first kappa shape index (κ1) is 11.3. The van der Waals surface area contributed by atoms with Crippen molar-refractivity contribution >= 4 is 6.09 Å². The van der Waals surface area contributed by atoms with E-state index in [1.165, 1.54) is 4.90 Å². The number of aliphatic hydroxyl groups is 1. The average Bonchev–Trinajstić information content (AvgIpc) is 2.49. The van der Waals surface area contributed by atoms with Gasteiger partial charge in [0, 0.05) is 19.3 Å². The summed E-state index contributed by atoms with van der Waals surface area (Å²) in [7, 11) is 0. The Balaban J connectivity index is 2.51. The number of carboxylic acid groups (broad SMARTS) is 1. The topological polar surface area (TPSA) is 70.0 Å². The quantitative estimate of drug-likeness (QED) is 0.699. The van der Waals surface area contributed by atoms with Crippen molar-refractivity contribution in [3.05, 3.63) is 0 Å². The van der Waals surface area contributed by atoms with Crippen LogP contribution in [0.5, 0.6) is 0 Å². The molecule has 0 spiro atoms. The molecule has 5 heteroatoms. The smallest absolute Gasteiger partial charge is 0.407 e. The first-order valence-electron chi connectivity index (χ1n) is 4.91. The third-order valence-electron chi connectivity index (χ3n) is 2.49. The molecule has 0 aliphatic carbocycles. The van der Waals surface area contributed by atoms with Crippen molar-refractivity contribution in [3.63, 3.8) is 0 Å². The van der Waals surface area contributed by atoms with Gasteiger partial charge in [-0.25, -0.2) is 4.79 Å². The molecule has 2 atom stereocenters. The fourth-order valence-electron chi connectivity index (χ4n) is 1.89. The zero-order valence-corrected chi connectivity index (χ0v) is 8.35. The molecule has 0 aromatic rings. The summed E-state index contributed by atoms with van der Waals surface area (Å²) in [4.78, 5) is 12.2. The van der Waals surface area contributed by atoms with Crippen LogP contribution in [-0.4, -0.2) is 53.1 Å². The Labute approximate surface area is 83.3 Å². The number of hydrogen-bond donors (Lipinski definition) is 2. The Morgan fingerprint density at radius 2 is 2.36 bits per heavy atom. The SMILES string of the molecule is CCO[C@@H]1CC(CCO)N(C(=O)O)C1. The van der Waals surface area contributed by atoms with Crippen LogP contribution in [0.4, 0.5) is 4.79 Å². The Morgan fingerprint density at radius 1 is 1.64 bits per heavy atom. The van der Waals surface area contributed by atoms with Gasteiger partial charge in [0.1, 0.15) is 0 Å². The summed E-state index contributed by atoms with van der Waals surface area (Å²) in [5.41, 5.74) is 0. The van der Waals surface area contributed by atoms with Crippen LogP contribution < -0.4 is 0 Å². The normalized spacial score (nSPS) is 26.9. The highest BCUT2D eigenvalue weighted by molar-refractivity contribution is 5.66. The van der Waals surface area contributed by atoms with Crippen LogP contribution in [0, 0.1) is 0 Å². The minimum atomic E-state index is -0.925. The summed E-state index contributed by atoms with van der Waals surface area (Å²) in [6, 6.07) is -0.0888. The van der Waals surface area contributed by atoms with E-state index in [4.69, 9.17) is 14.9 Å². The maximum absolute atomic E-state index is 10.8. The van der Waals surface area contributed by atoms with Gasteiger partial charge in [-0.3, -0.25) is 0 Å². The van der Waals surface area contributed by atoms with Crippen LogP contribution in [0.3, 0.4) is 0 Å². The number of carbonyl (C=O) groups is 1. The molecular formula is C9H17NO4. The maximum Gasteiger partial charge on any atom is 0.407 e. The summed E-state index contributed by atoms with van der Waals surface area (Å²) in [5, 5.41) is 17.7. The van der Waals surface area contributed by atoms with Crippen LogP contribution >= 0.6 is 0 Å². The molecule has 1 aliphatic heterocycles. The van der Waals surface area contributed by atoms with Gasteiger partial charge in [0.05, 0.1) is 12.6 Å². The number of likely N-dealkylation sites (tertiary alicyclic amines) is 1. The van der Waals surface area contributed by atoms with E-state index in [0.29, 0.717) is 26.0 Å². The first-order chi connectivity index (χ1) is 6.69. The van der Waals surface area contributed by atoms with Gasteiger partial charge in [0.2, 0.25) is 0 Å². The van der Waals surface area contributed by atoms with Crippen molar-refractivity contribution < 1.29 is 19.7 Å². The van der Waals surface area contributed by atoms with Crippen molar-refractivity contribution in [2.75, 3.05) is 19.8 Å². The highest BCUT2D eigenvalue weighted by Gasteiger charge is 2.34. The van der Waals surface area contributed by atoms with E-state index in [0.717, 1.165) is 0 Å². The molecule has 1 unspecified atom stereocenters. The fourth-order valence-corrected chi connectivity index (χ4v) is 1.89. The van der Waals surface area contributed by atoms with Gasteiger partial charge in [-0.05, 0) is 19.8 Å². The molecule has 1 heterocycles. The Bertz CT molecular complexity index is 197. The molecular weight excluding hydrogens is 186 g/mol. The molecule has 5 nitrogen and oxygen atoms in total. The predicted molar refractivity (Wildman–Crippen MR) is 50.3 cm³/mol. The predicted octanol–water partition coefficient (Wildman–Crippen LogP) is 0.526. The summed E-state index contributed by atoms with van der Waals surface area (Å²) in [5.74, 6) is 0. The summed E-state index contributed by atoms with van der Waals surface area (Å²) >= 11 is 0. The second-order valence-electron chi connectivity index (χ2n) is 3.41. The van der Waals surface area contributed by atoms with Crippen LogP contribution in [-0.2, 0) is 4.74 Å². The molecule has 1 amide bonds. The van der Waals surface area contributed by atoms with Gasteiger partial charge >= 0.3 is 6.09 Å². The molecule has 0 aromatic heterocycles. The standard InChI is InChI=1S/C9H17NO4/c1-2-14-8-5-7(3-4-11)10(6-8)9(12)13/h7-8,11H,2-6H2,1H3,(H,12,13)/t7?,8-/m1/s1. The van der Waals surface area contributed by atoms with Crippen molar-refractivity contribution in [1.29, 1.82) is 0 Å². The van der Waals surface area contributed by atoms with Crippen LogP contribution in [0.1, 0.15) is 19.8 Å². The second kappa shape index (κ2) is 5.17. The molecule has 0 aromatic carbocycles. The lowest BCUT2D eigenvalue weighted by Gasteiger charge is -2.19. The zero-order chi connectivity index (χ0) is 10.6. The summed E-state index contributed by atoms with van der Waals surface area (Å²) < 4.78 is 5.37. The third kappa shape index (κ3) is 2.59. The minimum Gasteiger partial charge on any atom is -0.465 e. The summed E-state index contributed by atoms with van der Waals surface area (Å²) in [6.07, 6.45) is 0.259. The number of nitrogens with zero attached hydrogens (tertiary/aromatic N) is 1. The van der Waals surface area contributed by atoms with Gasteiger partial charge < -0.3 is 19.8 Å². The van der Waals surface area contributed by atoms with Crippen molar-refractivity contribution in [2.45, 2.75) is 31.9 Å². The molecule has 1 saturated heterocycles. The lowest BCUT2D eigenvalue weighted by atomic mass is 10.1. The monoisotopic (exact) mass is 203 g/mol. The van der Waals surface area contributed by atoms with Crippen LogP contribution in [0.25, 0.3) is 0 Å². The molecule has 0 saturated carbocycles. The van der Waals surface area contributed by atoms with E-state index in [9.17, 15) is 4.79 Å². The second-order valence-corrected chi connectivity index (χ2v) is 3.41. The van der Waals surface area contributed by atoms with E-state index in [-0.39, 0.29) is 18.8 Å².